The summed E-state index contributed by atoms with van der Waals surface area (Å²) in [6.45, 7) is 6.67. The number of rotatable bonds is 7. The van der Waals surface area contributed by atoms with Crippen LogP contribution in [0.2, 0.25) is 0 Å². The van der Waals surface area contributed by atoms with E-state index in [1.54, 1.807) is 7.11 Å². The molecule has 2 rings (SSSR count). The Balaban J connectivity index is 0.00000312. The molecule has 0 amide bonds. The number of likely N-dealkylation sites (tertiary alicyclic amines) is 1. The number of nitrogens with two attached hydrogens (primary N) is 1. The zero-order valence-electron chi connectivity index (χ0n) is 15.5. The van der Waals surface area contributed by atoms with Gasteiger partial charge >= 0.3 is 0 Å². The summed E-state index contributed by atoms with van der Waals surface area (Å²) in [5.41, 5.74) is 8.60. The summed E-state index contributed by atoms with van der Waals surface area (Å²) in [6.07, 6.45) is 5.36. The van der Waals surface area contributed by atoms with Crippen molar-refractivity contribution in [1.82, 2.24) is 10.2 Å². The third-order valence-corrected chi connectivity index (χ3v) is 4.44. The zero-order chi connectivity index (χ0) is 17.2. The van der Waals surface area contributed by atoms with E-state index in [0.717, 1.165) is 6.54 Å². The maximum absolute atomic E-state index is 5.98. The second kappa shape index (κ2) is 12.5. The first-order valence-electron chi connectivity index (χ1n) is 9.03. The van der Waals surface area contributed by atoms with Crippen LogP contribution in [0.3, 0.4) is 0 Å². The minimum Gasteiger partial charge on any atom is -0.383 e. The molecule has 0 radical (unpaired) electrons. The Morgan fingerprint density at radius 3 is 2.48 bits per heavy atom. The van der Waals surface area contributed by atoms with Crippen molar-refractivity contribution in [2.75, 3.05) is 26.8 Å². The largest absolute Gasteiger partial charge is 0.383 e. The Labute approximate surface area is 169 Å². The SMILES string of the molecule is COCC(C)NC(N)=NCc1ccccc1CN1CCCCCC1.I. The van der Waals surface area contributed by atoms with Crippen molar-refractivity contribution in [3.05, 3.63) is 35.4 Å². The minimum absolute atomic E-state index is 0. The molecule has 1 saturated heterocycles. The van der Waals surface area contributed by atoms with E-state index < -0.39 is 0 Å². The van der Waals surface area contributed by atoms with Gasteiger partial charge in [-0.25, -0.2) is 4.99 Å². The van der Waals surface area contributed by atoms with Gasteiger partial charge in [-0.2, -0.15) is 0 Å². The molecular weight excluding hydrogens is 427 g/mol. The number of ether oxygens (including phenoxy) is 1. The third-order valence-electron chi connectivity index (χ3n) is 4.44. The van der Waals surface area contributed by atoms with E-state index in [4.69, 9.17) is 10.5 Å². The summed E-state index contributed by atoms with van der Waals surface area (Å²) in [5, 5.41) is 3.15. The summed E-state index contributed by atoms with van der Waals surface area (Å²) in [5.74, 6) is 0.476. The first-order chi connectivity index (χ1) is 11.7. The number of benzene rings is 1. The van der Waals surface area contributed by atoms with Crippen LogP contribution >= 0.6 is 24.0 Å². The molecular formula is C19H33IN4O. The molecule has 1 heterocycles. The van der Waals surface area contributed by atoms with Crippen molar-refractivity contribution in [1.29, 1.82) is 0 Å². The molecule has 0 spiro atoms. The smallest absolute Gasteiger partial charge is 0.189 e. The highest BCUT2D eigenvalue weighted by Gasteiger charge is 2.11. The van der Waals surface area contributed by atoms with Gasteiger partial charge in [0.1, 0.15) is 0 Å². The summed E-state index contributed by atoms with van der Waals surface area (Å²) >= 11 is 0. The highest BCUT2D eigenvalue weighted by Crippen LogP contribution is 2.16. The van der Waals surface area contributed by atoms with E-state index in [0.29, 0.717) is 19.1 Å². The topological polar surface area (TPSA) is 62.9 Å². The Hall–Kier alpha value is -0.860. The minimum atomic E-state index is 0. The summed E-state index contributed by atoms with van der Waals surface area (Å²) in [7, 11) is 1.69. The van der Waals surface area contributed by atoms with Gasteiger partial charge < -0.3 is 15.8 Å². The average molecular weight is 460 g/mol. The highest BCUT2D eigenvalue weighted by molar-refractivity contribution is 14.0. The van der Waals surface area contributed by atoms with E-state index in [1.807, 2.05) is 6.92 Å². The highest BCUT2D eigenvalue weighted by atomic mass is 127. The predicted molar refractivity (Wildman–Crippen MR) is 115 cm³/mol. The van der Waals surface area contributed by atoms with Crippen molar-refractivity contribution in [3.8, 4) is 0 Å². The Morgan fingerprint density at radius 1 is 1.20 bits per heavy atom. The lowest BCUT2D eigenvalue weighted by molar-refractivity contribution is 0.179. The third kappa shape index (κ3) is 8.37. The molecule has 1 aromatic rings. The number of methoxy groups -OCH3 is 1. The van der Waals surface area contributed by atoms with Gasteiger partial charge in [0, 0.05) is 19.7 Å². The van der Waals surface area contributed by atoms with Crippen molar-refractivity contribution in [2.45, 2.75) is 51.7 Å². The number of hydrogen-bond acceptors (Lipinski definition) is 3. The van der Waals surface area contributed by atoms with Crippen LogP contribution in [-0.4, -0.2) is 43.7 Å². The number of nitrogens with zero attached hydrogens (tertiary/aromatic N) is 2. The molecule has 0 saturated carbocycles. The number of aliphatic imine (C=N–C) groups is 1. The summed E-state index contributed by atoms with van der Waals surface area (Å²) < 4.78 is 5.10. The molecule has 5 nitrogen and oxygen atoms in total. The molecule has 142 valence electrons. The maximum atomic E-state index is 5.98. The molecule has 0 aromatic heterocycles. The fraction of sp³-hybridized carbons (Fsp3) is 0.632. The van der Waals surface area contributed by atoms with Crippen LogP contribution in [0.4, 0.5) is 0 Å². The molecule has 1 aromatic carbocycles. The molecule has 1 unspecified atom stereocenters. The van der Waals surface area contributed by atoms with Gasteiger partial charge in [-0.1, -0.05) is 37.1 Å². The number of guanidine groups is 1. The van der Waals surface area contributed by atoms with Crippen LogP contribution in [-0.2, 0) is 17.8 Å². The Morgan fingerprint density at radius 2 is 1.84 bits per heavy atom. The van der Waals surface area contributed by atoms with Crippen LogP contribution in [0.1, 0.15) is 43.7 Å². The van der Waals surface area contributed by atoms with E-state index in [9.17, 15) is 0 Å². The maximum Gasteiger partial charge on any atom is 0.189 e. The van der Waals surface area contributed by atoms with Crippen LogP contribution < -0.4 is 11.1 Å². The van der Waals surface area contributed by atoms with Gasteiger partial charge in [0.25, 0.3) is 0 Å². The average Bonchev–Trinajstić information content (AvgIpc) is 2.83. The van der Waals surface area contributed by atoms with Crippen LogP contribution in [0.5, 0.6) is 0 Å². The normalized spacial score (nSPS) is 17.4. The molecule has 3 N–H and O–H groups in total. The van der Waals surface area contributed by atoms with Crippen molar-refractivity contribution < 1.29 is 4.74 Å². The molecule has 1 aliphatic rings. The molecule has 25 heavy (non-hydrogen) atoms. The molecule has 0 aliphatic carbocycles. The first kappa shape index (κ1) is 22.2. The second-order valence-corrected chi connectivity index (χ2v) is 6.66. The molecule has 1 atom stereocenters. The van der Waals surface area contributed by atoms with Gasteiger partial charge in [-0.05, 0) is 44.0 Å². The predicted octanol–water partition coefficient (Wildman–Crippen LogP) is 3.12. The van der Waals surface area contributed by atoms with E-state index in [1.165, 1.54) is 49.9 Å². The fourth-order valence-corrected chi connectivity index (χ4v) is 3.16. The molecule has 0 bridgehead atoms. The lowest BCUT2D eigenvalue weighted by atomic mass is 10.1. The Kier molecular flexibility index (Phi) is 11.1. The van der Waals surface area contributed by atoms with Gasteiger partial charge in [0.2, 0.25) is 0 Å². The van der Waals surface area contributed by atoms with Crippen molar-refractivity contribution in [3.63, 3.8) is 0 Å². The van der Waals surface area contributed by atoms with E-state index in [2.05, 4.69) is 39.5 Å². The quantitative estimate of drug-likeness (QED) is 0.373. The van der Waals surface area contributed by atoms with Gasteiger partial charge in [0.05, 0.1) is 13.2 Å². The standard InChI is InChI=1S/C19H32N4O.HI/c1-16(15-24-2)22-19(20)21-13-17-9-5-6-10-18(17)14-23-11-7-3-4-8-12-23;/h5-6,9-10,16H,3-4,7-8,11-15H2,1-2H3,(H3,20,21,22);1H. The van der Waals surface area contributed by atoms with Gasteiger partial charge in [-0.3, -0.25) is 4.90 Å². The van der Waals surface area contributed by atoms with Gasteiger partial charge in [0.15, 0.2) is 5.96 Å². The van der Waals surface area contributed by atoms with Crippen LogP contribution in [0.15, 0.2) is 29.3 Å². The number of hydrogen-bond donors (Lipinski definition) is 2. The molecule has 1 aliphatic heterocycles. The summed E-state index contributed by atoms with van der Waals surface area (Å²) in [4.78, 5) is 7.07. The fourth-order valence-electron chi connectivity index (χ4n) is 3.16. The van der Waals surface area contributed by atoms with Crippen molar-refractivity contribution >= 4 is 29.9 Å². The lowest BCUT2D eigenvalue weighted by Gasteiger charge is -2.21. The van der Waals surface area contributed by atoms with Gasteiger partial charge in [-0.15, -0.1) is 24.0 Å². The zero-order valence-corrected chi connectivity index (χ0v) is 17.9. The van der Waals surface area contributed by atoms with Crippen LogP contribution in [0.25, 0.3) is 0 Å². The number of nitrogens with one attached hydrogen (secondary N) is 1. The second-order valence-electron chi connectivity index (χ2n) is 6.66. The Bertz CT molecular complexity index is 516. The van der Waals surface area contributed by atoms with E-state index in [-0.39, 0.29) is 30.0 Å². The van der Waals surface area contributed by atoms with E-state index >= 15 is 0 Å². The van der Waals surface area contributed by atoms with Crippen LogP contribution in [0, 0.1) is 0 Å². The molecule has 6 heteroatoms. The monoisotopic (exact) mass is 460 g/mol. The lowest BCUT2D eigenvalue weighted by Crippen LogP contribution is -2.40. The first-order valence-corrected chi connectivity index (χ1v) is 9.03. The summed E-state index contributed by atoms with van der Waals surface area (Å²) in [6, 6.07) is 8.72. The number of halogens is 1. The molecule has 1 fully saturated rings. The van der Waals surface area contributed by atoms with Crippen molar-refractivity contribution in [2.24, 2.45) is 10.7 Å².